The summed E-state index contributed by atoms with van der Waals surface area (Å²) in [5.74, 6) is 0.777. The number of rotatable bonds is 6. The van der Waals surface area contributed by atoms with E-state index < -0.39 is 0 Å². The maximum atomic E-state index is 9.02. The first kappa shape index (κ1) is 14.9. The van der Waals surface area contributed by atoms with Gasteiger partial charge < -0.3 is 15.3 Å². The molecule has 1 fully saturated rings. The Balaban J connectivity index is 2.30. The fourth-order valence-corrected chi connectivity index (χ4v) is 2.61. The first-order valence-corrected chi connectivity index (χ1v) is 6.97. The molecule has 1 aliphatic rings. The Morgan fingerprint density at radius 2 is 2.18 bits per heavy atom. The molecule has 0 aromatic carbocycles. The molecule has 0 aromatic heterocycles. The zero-order valence-corrected chi connectivity index (χ0v) is 12.0. The summed E-state index contributed by atoms with van der Waals surface area (Å²) in [6, 6.07) is 0.579. The zero-order valence-electron chi connectivity index (χ0n) is 12.0. The Kier molecular flexibility index (Phi) is 5.90. The molecule has 1 rings (SSSR count). The fourth-order valence-electron chi connectivity index (χ4n) is 2.61. The van der Waals surface area contributed by atoms with Crippen LogP contribution in [-0.4, -0.2) is 49.3 Å². The molecular formula is C14H30N2O. The molecule has 0 radical (unpaired) electrons. The third-order valence-corrected chi connectivity index (χ3v) is 4.06. The van der Waals surface area contributed by atoms with Gasteiger partial charge in [0.15, 0.2) is 0 Å². The van der Waals surface area contributed by atoms with Gasteiger partial charge in [-0.15, -0.1) is 0 Å². The van der Waals surface area contributed by atoms with Crippen LogP contribution in [0.15, 0.2) is 0 Å². The molecule has 2 N–H and O–H groups in total. The van der Waals surface area contributed by atoms with Crippen molar-refractivity contribution in [2.24, 2.45) is 11.3 Å². The lowest BCUT2D eigenvalue weighted by atomic mass is 9.87. The van der Waals surface area contributed by atoms with Crippen LogP contribution in [0.2, 0.25) is 0 Å². The first-order chi connectivity index (χ1) is 7.94. The summed E-state index contributed by atoms with van der Waals surface area (Å²) in [5, 5.41) is 12.7. The Morgan fingerprint density at radius 1 is 1.47 bits per heavy atom. The van der Waals surface area contributed by atoms with Crippen LogP contribution in [0.5, 0.6) is 0 Å². The average Bonchev–Trinajstić information content (AvgIpc) is 2.26. The minimum atomic E-state index is 0.198. The monoisotopic (exact) mass is 242 g/mol. The Hall–Kier alpha value is -0.120. The van der Waals surface area contributed by atoms with Crippen molar-refractivity contribution in [1.82, 2.24) is 10.2 Å². The highest BCUT2D eigenvalue weighted by Crippen LogP contribution is 2.21. The molecule has 0 saturated carbocycles. The number of hydrogen-bond donors (Lipinski definition) is 2. The van der Waals surface area contributed by atoms with Crippen LogP contribution in [0.4, 0.5) is 0 Å². The van der Waals surface area contributed by atoms with Gasteiger partial charge in [-0.1, -0.05) is 13.8 Å². The normalized spacial score (nSPS) is 24.9. The molecule has 1 aliphatic heterocycles. The standard InChI is InChI=1S/C14H30N2O/c1-12(13-6-5-8-16(4)10-13)15-11-14(2,3)7-9-17/h12-13,15,17H,5-11H2,1-4H3. The van der Waals surface area contributed by atoms with Crippen molar-refractivity contribution in [2.45, 2.75) is 46.1 Å². The summed E-state index contributed by atoms with van der Waals surface area (Å²) < 4.78 is 0. The van der Waals surface area contributed by atoms with Crippen LogP contribution in [0, 0.1) is 11.3 Å². The van der Waals surface area contributed by atoms with E-state index in [0.717, 1.165) is 18.9 Å². The van der Waals surface area contributed by atoms with Gasteiger partial charge in [0.2, 0.25) is 0 Å². The van der Waals surface area contributed by atoms with E-state index in [9.17, 15) is 0 Å². The van der Waals surface area contributed by atoms with Gasteiger partial charge in [-0.25, -0.2) is 0 Å². The highest BCUT2D eigenvalue weighted by molar-refractivity contribution is 4.81. The van der Waals surface area contributed by atoms with E-state index in [0.29, 0.717) is 6.04 Å². The van der Waals surface area contributed by atoms with E-state index >= 15 is 0 Å². The van der Waals surface area contributed by atoms with Crippen LogP contribution < -0.4 is 5.32 Å². The van der Waals surface area contributed by atoms with Crippen molar-refractivity contribution < 1.29 is 5.11 Å². The van der Waals surface area contributed by atoms with E-state index in [1.54, 1.807) is 0 Å². The van der Waals surface area contributed by atoms with E-state index in [1.165, 1.54) is 25.9 Å². The molecule has 2 atom stereocenters. The van der Waals surface area contributed by atoms with Gasteiger partial charge in [0.25, 0.3) is 0 Å². The van der Waals surface area contributed by atoms with Crippen LogP contribution in [0.1, 0.15) is 40.0 Å². The molecular weight excluding hydrogens is 212 g/mol. The molecule has 0 bridgehead atoms. The number of nitrogens with one attached hydrogen (secondary N) is 1. The van der Waals surface area contributed by atoms with Crippen molar-refractivity contribution >= 4 is 0 Å². The minimum Gasteiger partial charge on any atom is -0.396 e. The molecule has 1 saturated heterocycles. The molecule has 0 aliphatic carbocycles. The van der Waals surface area contributed by atoms with Crippen molar-refractivity contribution in [3.05, 3.63) is 0 Å². The topological polar surface area (TPSA) is 35.5 Å². The number of aliphatic hydroxyl groups excluding tert-OH is 1. The second kappa shape index (κ2) is 6.72. The third-order valence-electron chi connectivity index (χ3n) is 4.06. The van der Waals surface area contributed by atoms with Crippen molar-refractivity contribution in [1.29, 1.82) is 0 Å². The quantitative estimate of drug-likeness (QED) is 0.744. The van der Waals surface area contributed by atoms with Crippen molar-refractivity contribution in [3.63, 3.8) is 0 Å². The highest BCUT2D eigenvalue weighted by Gasteiger charge is 2.24. The average molecular weight is 242 g/mol. The molecule has 3 nitrogen and oxygen atoms in total. The molecule has 17 heavy (non-hydrogen) atoms. The molecule has 0 amide bonds. The minimum absolute atomic E-state index is 0.198. The summed E-state index contributed by atoms with van der Waals surface area (Å²) in [4.78, 5) is 2.44. The van der Waals surface area contributed by atoms with E-state index in [4.69, 9.17) is 5.11 Å². The molecule has 0 spiro atoms. The van der Waals surface area contributed by atoms with Gasteiger partial charge in [0.05, 0.1) is 0 Å². The van der Waals surface area contributed by atoms with Crippen LogP contribution in [0.25, 0.3) is 0 Å². The summed E-state index contributed by atoms with van der Waals surface area (Å²) in [5.41, 5.74) is 0.198. The molecule has 1 heterocycles. The van der Waals surface area contributed by atoms with Gasteiger partial charge in [0.1, 0.15) is 0 Å². The molecule has 0 aromatic rings. The second-order valence-electron chi connectivity index (χ2n) is 6.47. The van der Waals surface area contributed by atoms with E-state index in [1.807, 2.05) is 0 Å². The molecule has 2 unspecified atom stereocenters. The van der Waals surface area contributed by atoms with Gasteiger partial charge in [-0.3, -0.25) is 0 Å². The number of piperidine rings is 1. The summed E-state index contributed by atoms with van der Waals surface area (Å²) in [6.45, 7) is 10.5. The predicted octanol–water partition coefficient (Wildman–Crippen LogP) is 1.71. The smallest absolute Gasteiger partial charge is 0.0436 e. The Morgan fingerprint density at radius 3 is 2.76 bits per heavy atom. The van der Waals surface area contributed by atoms with Crippen LogP contribution in [-0.2, 0) is 0 Å². The third kappa shape index (κ3) is 5.36. The number of nitrogens with zero attached hydrogens (tertiary/aromatic N) is 1. The molecule has 102 valence electrons. The Bertz CT molecular complexity index is 218. The predicted molar refractivity (Wildman–Crippen MR) is 73.2 cm³/mol. The van der Waals surface area contributed by atoms with Crippen molar-refractivity contribution in [3.8, 4) is 0 Å². The van der Waals surface area contributed by atoms with Gasteiger partial charge in [-0.05, 0) is 51.1 Å². The molecule has 3 heteroatoms. The summed E-state index contributed by atoms with van der Waals surface area (Å²) in [6.07, 6.45) is 3.55. The maximum Gasteiger partial charge on any atom is 0.0436 e. The number of hydrogen-bond acceptors (Lipinski definition) is 3. The second-order valence-corrected chi connectivity index (χ2v) is 6.47. The maximum absolute atomic E-state index is 9.02. The van der Waals surface area contributed by atoms with Gasteiger partial charge in [0, 0.05) is 25.7 Å². The SMILES string of the molecule is CC(NCC(C)(C)CCO)C1CCCN(C)C1. The number of likely N-dealkylation sites (tertiary alicyclic amines) is 1. The van der Waals surface area contributed by atoms with E-state index in [-0.39, 0.29) is 12.0 Å². The first-order valence-electron chi connectivity index (χ1n) is 6.97. The summed E-state index contributed by atoms with van der Waals surface area (Å²) >= 11 is 0. The fraction of sp³-hybridized carbons (Fsp3) is 1.00. The van der Waals surface area contributed by atoms with Crippen LogP contribution >= 0.6 is 0 Å². The van der Waals surface area contributed by atoms with E-state index in [2.05, 4.69) is 38.0 Å². The van der Waals surface area contributed by atoms with Gasteiger partial charge in [-0.2, -0.15) is 0 Å². The largest absolute Gasteiger partial charge is 0.396 e. The summed E-state index contributed by atoms with van der Waals surface area (Å²) in [7, 11) is 2.22. The Labute approximate surface area is 107 Å². The van der Waals surface area contributed by atoms with Crippen LogP contribution in [0.3, 0.4) is 0 Å². The zero-order chi connectivity index (χ0) is 12.9. The lowest BCUT2D eigenvalue weighted by Gasteiger charge is -2.35. The van der Waals surface area contributed by atoms with Crippen molar-refractivity contribution in [2.75, 3.05) is 33.3 Å². The lowest BCUT2D eigenvalue weighted by molar-refractivity contribution is 0.161. The highest BCUT2D eigenvalue weighted by atomic mass is 16.3. The number of aliphatic hydroxyl groups is 1. The lowest BCUT2D eigenvalue weighted by Crippen LogP contribution is -2.45. The van der Waals surface area contributed by atoms with Gasteiger partial charge >= 0.3 is 0 Å².